The Balaban J connectivity index is 3.01. The molecule has 1 aromatic carbocycles. The Morgan fingerprint density at radius 2 is 2.00 bits per heavy atom. The van der Waals surface area contributed by atoms with Crippen LogP contribution in [0.3, 0.4) is 0 Å². The predicted octanol–water partition coefficient (Wildman–Crippen LogP) is 3.30. The number of nitrogens with one attached hydrogen (secondary N) is 1. The molecule has 0 spiro atoms. The third kappa shape index (κ3) is 2.84. The Morgan fingerprint density at radius 1 is 1.39 bits per heavy atom. The highest BCUT2D eigenvalue weighted by Gasteiger charge is 2.26. The van der Waals surface area contributed by atoms with Crippen molar-refractivity contribution >= 4 is 11.6 Å². The van der Waals surface area contributed by atoms with E-state index in [1.807, 2.05) is 44.1 Å². The number of aryl methyl sites for hydroxylation is 1. The van der Waals surface area contributed by atoms with Crippen molar-refractivity contribution in [3.8, 4) is 0 Å². The van der Waals surface area contributed by atoms with Gasteiger partial charge in [0.15, 0.2) is 0 Å². The van der Waals surface area contributed by atoms with Crippen LogP contribution in [0.4, 0.5) is 5.69 Å². The van der Waals surface area contributed by atoms with Crippen molar-refractivity contribution < 1.29 is 4.79 Å². The normalized spacial score (nSPS) is 11.2. The largest absolute Gasteiger partial charge is 0.388 e. The van der Waals surface area contributed by atoms with Crippen LogP contribution in [0.25, 0.3) is 0 Å². The number of amides is 1. The molecule has 1 rings (SSSR count). The number of carbonyl (C=O) groups is 1. The van der Waals surface area contributed by atoms with Gasteiger partial charge in [-0.3, -0.25) is 4.79 Å². The molecule has 1 aromatic rings. The molecule has 0 saturated carbocycles. The summed E-state index contributed by atoms with van der Waals surface area (Å²) < 4.78 is 0. The maximum atomic E-state index is 12.4. The molecule has 1 N–H and O–H groups in total. The summed E-state index contributed by atoms with van der Waals surface area (Å²) in [5.74, 6) is 0.0765. The number of benzene rings is 1. The van der Waals surface area contributed by atoms with E-state index in [-0.39, 0.29) is 11.4 Å². The number of rotatable bonds is 4. The quantitative estimate of drug-likeness (QED) is 0.886. The number of hydrogen-bond acceptors (Lipinski definition) is 2. The zero-order valence-corrected chi connectivity index (χ0v) is 12.3. The summed E-state index contributed by atoms with van der Waals surface area (Å²) in [6.45, 7) is 8.27. The highest BCUT2D eigenvalue weighted by Crippen LogP contribution is 2.21. The van der Waals surface area contributed by atoms with Crippen LogP contribution in [-0.2, 0) is 0 Å². The summed E-state index contributed by atoms with van der Waals surface area (Å²) in [6, 6.07) is 5.77. The molecule has 18 heavy (non-hydrogen) atoms. The molecule has 0 aromatic heterocycles. The topological polar surface area (TPSA) is 32.3 Å². The summed E-state index contributed by atoms with van der Waals surface area (Å²) in [4.78, 5) is 14.2. The Bertz CT molecular complexity index is 438. The molecule has 0 radical (unpaired) electrons. The molecule has 100 valence electrons. The van der Waals surface area contributed by atoms with Crippen molar-refractivity contribution in [2.75, 3.05) is 19.4 Å². The van der Waals surface area contributed by atoms with Crippen LogP contribution in [0.1, 0.15) is 43.1 Å². The lowest BCUT2D eigenvalue weighted by molar-refractivity contribution is 0.0620. The molecule has 0 atom stereocenters. The van der Waals surface area contributed by atoms with Gasteiger partial charge in [0.25, 0.3) is 5.91 Å². The first-order chi connectivity index (χ1) is 8.33. The van der Waals surface area contributed by atoms with Crippen LogP contribution in [-0.4, -0.2) is 30.4 Å². The average molecular weight is 248 g/mol. The van der Waals surface area contributed by atoms with E-state index in [4.69, 9.17) is 0 Å². The molecule has 0 aliphatic carbocycles. The summed E-state index contributed by atoms with van der Waals surface area (Å²) in [5, 5.41) is 3.11. The Labute approximate surface area is 110 Å². The second-order valence-corrected chi connectivity index (χ2v) is 5.31. The minimum Gasteiger partial charge on any atom is -0.388 e. The minimum absolute atomic E-state index is 0.0765. The zero-order valence-electron chi connectivity index (χ0n) is 12.3. The van der Waals surface area contributed by atoms with Gasteiger partial charge in [0.05, 0.1) is 0 Å². The van der Waals surface area contributed by atoms with Crippen LogP contribution in [0.15, 0.2) is 18.2 Å². The SMILES string of the molecule is CCC(C)(C)N(C)C(=O)c1ccc(NC)c(C)c1. The van der Waals surface area contributed by atoms with Crippen LogP contribution in [0, 0.1) is 6.92 Å². The molecule has 0 aliphatic heterocycles. The molecule has 3 heteroatoms. The van der Waals surface area contributed by atoms with Gasteiger partial charge in [-0.25, -0.2) is 0 Å². The van der Waals surface area contributed by atoms with Gasteiger partial charge in [0, 0.05) is 30.9 Å². The maximum Gasteiger partial charge on any atom is 0.254 e. The first-order valence-electron chi connectivity index (χ1n) is 6.40. The second-order valence-electron chi connectivity index (χ2n) is 5.31. The number of hydrogen-bond donors (Lipinski definition) is 1. The molecule has 0 fully saturated rings. The van der Waals surface area contributed by atoms with Crippen molar-refractivity contribution in [3.05, 3.63) is 29.3 Å². The third-order valence-corrected chi connectivity index (χ3v) is 3.82. The Morgan fingerprint density at radius 3 is 2.44 bits per heavy atom. The number of anilines is 1. The van der Waals surface area contributed by atoms with E-state index in [9.17, 15) is 4.79 Å². The standard InChI is InChI=1S/C15H24N2O/c1-7-15(3,4)17(6)14(18)12-8-9-13(16-5)11(2)10-12/h8-10,16H,7H2,1-6H3. The average Bonchev–Trinajstić information content (AvgIpc) is 2.36. The highest BCUT2D eigenvalue weighted by atomic mass is 16.2. The molecule has 0 unspecified atom stereocenters. The molecular formula is C15H24N2O. The fraction of sp³-hybridized carbons (Fsp3) is 0.533. The number of nitrogens with zero attached hydrogens (tertiary/aromatic N) is 1. The summed E-state index contributed by atoms with van der Waals surface area (Å²) >= 11 is 0. The lowest BCUT2D eigenvalue weighted by Gasteiger charge is -2.35. The van der Waals surface area contributed by atoms with Crippen molar-refractivity contribution in [2.24, 2.45) is 0 Å². The van der Waals surface area contributed by atoms with Crippen molar-refractivity contribution in [1.82, 2.24) is 4.90 Å². The van der Waals surface area contributed by atoms with E-state index >= 15 is 0 Å². The van der Waals surface area contributed by atoms with Gasteiger partial charge in [-0.05, 0) is 51.0 Å². The Hall–Kier alpha value is -1.51. The van der Waals surface area contributed by atoms with Crippen LogP contribution >= 0.6 is 0 Å². The fourth-order valence-electron chi connectivity index (χ4n) is 1.78. The lowest BCUT2D eigenvalue weighted by Crippen LogP contribution is -2.44. The van der Waals surface area contributed by atoms with E-state index in [1.54, 1.807) is 0 Å². The van der Waals surface area contributed by atoms with Crippen molar-refractivity contribution in [3.63, 3.8) is 0 Å². The maximum absolute atomic E-state index is 12.4. The van der Waals surface area contributed by atoms with E-state index in [0.717, 1.165) is 23.2 Å². The number of carbonyl (C=O) groups excluding carboxylic acids is 1. The van der Waals surface area contributed by atoms with Crippen molar-refractivity contribution in [1.29, 1.82) is 0 Å². The van der Waals surface area contributed by atoms with Gasteiger partial charge in [-0.15, -0.1) is 0 Å². The van der Waals surface area contributed by atoms with E-state index < -0.39 is 0 Å². The molecule has 3 nitrogen and oxygen atoms in total. The van der Waals surface area contributed by atoms with Crippen molar-refractivity contribution in [2.45, 2.75) is 39.7 Å². The van der Waals surface area contributed by atoms with Gasteiger partial charge in [0.2, 0.25) is 0 Å². The van der Waals surface area contributed by atoms with Gasteiger partial charge >= 0.3 is 0 Å². The molecule has 0 saturated heterocycles. The van der Waals surface area contributed by atoms with Gasteiger partial charge in [-0.2, -0.15) is 0 Å². The molecule has 1 amide bonds. The predicted molar refractivity (Wildman–Crippen MR) is 77.2 cm³/mol. The first kappa shape index (κ1) is 14.6. The first-order valence-corrected chi connectivity index (χ1v) is 6.40. The van der Waals surface area contributed by atoms with Gasteiger partial charge < -0.3 is 10.2 Å². The molecule has 0 aliphatic rings. The molecule has 0 bridgehead atoms. The van der Waals surface area contributed by atoms with Crippen LogP contribution < -0.4 is 5.32 Å². The summed E-state index contributed by atoms with van der Waals surface area (Å²) in [6.07, 6.45) is 0.933. The van der Waals surface area contributed by atoms with E-state index in [0.29, 0.717) is 0 Å². The minimum atomic E-state index is -0.118. The zero-order chi connectivity index (χ0) is 13.9. The Kier molecular flexibility index (Phi) is 4.38. The fourth-order valence-corrected chi connectivity index (χ4v) is 1.78. The highest BCUT2D eigenvalue weighted by molar-refractivity contribution is 5.95. The summed E-state index contributed by atoms with van der Waals surface area (Å²) in [7, 11) is 3.75. The van der Waals surface area contributed by atoms with E-state index in [2.05, 4.69) is 26.1 Å². The molecule has 0 heterocycles. The van der Waals surface area contributed by atoms with E-state index in [1.165, 1.54) is 0 Å². The lowest BCUT2D eigenvalue weighted by atomic mass is 9.98. The monoisotopic (exact) mass is 248 g/mol. The summed E-state index contributed by atoms with van der Waals surface area (Å²) in [5.41, 5.74) is 2.78. The van der Waals surface area contributed by atoms with Gasteiger partial charge in [-0.1, -0.05) is 6.92 Å². The molecular weight excluding hydrogens is 224 g/mol. The third-order valence-electron chi connectivity index (χ3n) is 3.82. The van der Waals surface area contributed by atoms with Gasteiger partial charge in [0.1, 0.15) is 0 Å². The van der Waals surface area contributed by atoms with Crippen LogP contribution in [0.2, 0.25) is 0 Å². The second kappa shape index (κ2) is 5.42. The van der Waals surface area contributed by atoms with Crippen LogP contribution in [0.5, 0.6) is 0 Å². The smallest absolute Gasteiger partial charge is 0.254 e.